The Kier molecular flexibility index (Phi) is 7.08. The van der Waals surface area contributed by atoms with Crippen molar-refractivity contribution in [2.75, 3.05) is 38.5 Å². The number of anilines is 1. The standard InChI is InChI=1S/C18H25N3O3.ClH/c19-15-5-2-1-4-14(15)7-8-17(22)20-9-11-21(12-10-20)18(23)16-6-3-13-24-16;/h1-2,4-5,16H,3,6-13,19H2;1H. The first-order chi connectivity index (χ1) is 11.6. The molecule has 0 saturated carbocycles. The van der Waals surface area contributed by atoms with Gasteiger partial charge in [-0.05, 0) is 30.9 Å². The molecule has 0 bridgehead atoms. The van der Waals surface area contributed by atoms with E-state index in [9.17, 15) is 9.59 Å². The number of hydrogen-bond acceptors (Lipinski definition) is 4. The number of carbonyl (C=O) groups excluding carboxylic acids is 2. The van der Waals surface area contributed by atoms with Crippen LogP contribution in [-0.4, -0.2) is 60.5 Å². The van der Waals surface area contributed by atoms with Gasteiger partial charge in [0.25, 0.3) is 5.91 Å². The van der Waals surface area contributed by atoms with Gasteiger partial charge in [0.2, 0.25) is 5.91 Å². The van der Waals surface area contributed by atoms with E-state index in [4.69, 9.17) is 10.5 Å². The van der Waals surface area contributed by atoms with Crippen molar-refractivity contribution in [3.05, 3.63) is 29.8 Å². The van der Waals surface area contributed by atoms with Gasteiger partial charge in [-0.1, -0.05) is 18.2 Å². The van der Waals surface area contributed by atoms with E-state index in [0.29, 0.717) is 45.6 Å². The fourth-order valence-electron chi connectivity index (χ4n) is 3.31. The lowest BCUT2D eigenvalue weighted by molar-refractivity contribution is -0.146. The molecule has 0 aliphatic carbocycles. The number of hydrogen-bond donors (Lipinski definition) is 1. The maximum absolute atomic E-state index is 12.4. The van der Waals surface area contributed by atoms with Gasteiger partial charge in [0, 0.05) is 44.9 Å². The highest BCUT2D eigenvalue weighted by Crippen LogP contribution is 2.17. The fraction of sp³-hybridized carbons (Fsp3) is 0.556. The Morgan fingerprint density at radius 3 is 2.44 bits per heavy atom. The zero-order valence-corrected chi connectivity index (χ0v) is 15.2. The molecule has 2 N–H and O–H groups in total. The van der Waals surface area contributed by atoms with Crippen molar-refractivity contribution in [1.29, 1.82) is 0 Å². The molecule has 2 aliphatic heterocycles. The molecule has 25 heavy (non-hydrogen) atoms. The lowest BCUT2D eigenvalue weighted by Crippen LogP contribution is -2.52. The number of nitrogen functional groups attached to an aromatic ring is 1. The SMILES string of the molecule is Cl.Nc1ccccc1CCC(=O)N1CCN(C(=O)C2CCCO2)CC1. The predicted octanol–water partition coefficient (Wildman–Crippen LogP) is 1.47. The second kappa shape index (κ2) is 9.06. The van der Waals surface area contributed by atoms with Gasteiger partial charge in [-0.25, -0.2) is 0 Å². The van der Waals surface area contributed by atoms with Crippen molar-refractivity contribution < 1.29 is 14.3 Å². The first-order valence-electron chi connectivity index (χ1n) is 8.66. The Morgan fingerprint density at radius 2 is 1.80 bits per heavy atom. The van der Waals surface area contributed by atoms with E-state index >= 15 is 0 Å². The highest BCUT2D eigenvalue weighted by Gasteiger charge is 2.31. The van der Waals surface area contributed by atoms with Crippen LogP contribution in [0.1, 0.15) is 24.8 Å². The monoisotopic (exact) mass is 367 g/mol. The fourth-order valence-corrected chi connectivity index (χ4v) is 3.31. The Hall–Kier alpha value is -1.79. The van der Waals surface area contributed by atoms with Gasteiger partial charge in [-0.2, -0.15) is 0 Å². The number of piperazine rings is 1. The number of rotatable bonds is 4. The van der Waals surface area contributed by atoms with E-state index in [1.165, 1.54) is 0 Å². The molecule has 6 nitrogen and oxygen atoms in total. The van der Waals surface area contributed by atoms with Crippen LogP contribution in [0.2, 0.25) is 0 Å². The van der Waals surface area contributed by atoms with E-state index in [1.54, 1.807) is 0 Å². The van der Waals surface area contributed by atoms with Crippen LogP contribution < -0.4 is 5.73 Å². The summed E-state index contributed by atoms with van der Waals surface area (Å²) in [6.07, 6.45) is 2.61. The lowest BCUT2D eigenvalue weighted by Gasteiger charge is -2.35. The average Bonchev–Trinajstić information content (AvgIpc) is 3.15. The number of para-hydroxylation sites is 1. The van der Waals surface area contributed by atoms with Crippen molar-refractivity contribution in [2.45, 2.75) is 31.8 Å². The second-order valence-electron chi connectivity index (χ2n) is 6.41. The van der Waals surface area contributed by atoms with Gasteiger partial charge in [-0.3, -0.25) is 9.59 Å². The molecule has 2 amide bonds. The second-order valence-corrected chi connectivity index (χ2v) is 6.41. The highest BCUT2D eigenvalue weighted by atomic mass is 35.5. The molecule has 0 aromatic heterocycles. The molecule has 0 spiro atoms. The van der Waals surface area contributed by atoms with Gasteiger partial charge in [-0.15, -0.1) is 12.4 Å². The Balaban J connectivity index is 0.00000225. The Morgan fingerprint density at radius 1 is 1.12 bits per heavy atom. The molecule has 138 valence electrons. The molecular formula is C18H26ClN3O3. The van der Waals surface area contributed by atoms with Gasteiger partial charge in [0.15, 0.2) is 0 Å². The molecule has 1 aromatic rings. The minimum Gasteiger partial charge on any atom is -0.399 e. The smallest absolute Gasteiger partial charge is 0.251 e. The van der Waals surface area contributed by atoms with Gasteiger partial charge >= 0.3 is 0 Å². The van der Waals surface area contributed by atoms with Crippen LogP contribution in [0.3, 0.4) is 0 Å². The molecule has 1 aromatic carbocycles. The van der Waals surface area contributed by atoms with E-state index < -0.39 is 0 Å². The first kappa shape index (κ1) is 19.5. The summed E-state index contributed by atoms with van der Waals surface area (Å²) in [5.74, 6) is 0.208. The Bertz CT molecular complexity index is 597. The number of nitrogens with two attached hydrogens (primary N) is 1. The van der Waals surface area contributed by atoms with Gasteiger partial charge < -0.3 is 20.3 Å². The topological polar surface area (TPSA) is 75.9 Å². The number of benzene rings is 1. The number of nitrogens with zero attached hydrogens (tertiary/aromatic N) is 2. The summed E-state index contributed by atoms with van der Waals surface area (Å²) < 4.78 is 5.46. The molecule has 0 radical (unpaired) electrons. The highest BCUT2D eigenvalue weighted by molar-refractivity contribution is 5.85. The van der Waals surface area contributed by atoms with E-state index in [0.717, 1.165) is 24.1 Å². The quantitative estimate of drug-likeness (QED) is 0.818. The van der Waals surface area contributed by atoms with Crippen LogP contribution in [0.4, 0.5) is 5.69 Å². The maximum atomic E-state index is 12.4. The molecule has 2 fully saturated rings. The molecule has 1 unspecified atom stereocenters. The summed E-state index contributed by atoms with van der Waals surface area (Å²) in [7, 11) is 0. The van der Waals surface area contributed by atoms with E-state index in [-0.39, 0.29) is 30.3 Å². The molecule has 3 rings (SSSR count). The summed E-state index contributed by atoms with van der Waals surface area (Å²) >= 11 is 0. The van der Waals surface area contributed by atoms with Crippen LogP contribution >= 0.6 is 12.4 Å². The summed E-state index contributed by atoms with van der Waals surface area (Å²) in [6.45, 7) is 3.07. The Labute approximate surface area is 154 Å². The van der Waals surface area contributed by atoms with Crippen molar-refractivity contribution >= 4 is 29.9 Å². The minimum absolute atomic E-state index is 0. The van der Waals surface area contributed by atoms with Crippen LogP contribution in [0.15, 0.2) is 24.3 Å². The van der Waals surface area contributed by atoms with Crippen molar-refractivity contribution in [2.24, 2.45) is 0 Å². The van der Waals surface area contributed by atoms with E-state index in [2.05, 4.69) is 0 Å². The van der Waals surface area contributed by atoms with Crippen molar-refractivity contribution in [3.8, 4) is 0 Å². The minimum atomic E-state index is -0.270. The molecule has 7 heteroatoms. The van der Waals surface area contributed by atoms with Crippen LogP contribution in [0, 0.1) is 0 Å². The average molecular weight is 368 g/mol. The summed E-state index contributed by atoms with van der Waals surface area (Å²) in [4.78, 5) is 28.4. The summed E-state index contributed by atoms with van der Waals surface area (Å²) in [6, 6.07) is 7.65. The third kappa shape index (κ3) is 4.86. The van der Waals surface area contributed by atoms with Crippen LogP contribution in [0.25, 0.3) is 0 Å². The molecule has 1 atom stereocenters. The van der Waals surface area contributed by atoms with Crippen molar-refractivity contribution in [3.63, 3.8) is 0 Å². The largest absolute Gasteiger partial charge is 0.399 e. The molecule has 2 heterocycles. The number of carbonyl (C=O) groups is 2. The van der Waals surface area contributed by atoms with Gasteiger partial charge in [0.1, 0.15) is 6.10 Å². The lowest BCUT2D eigenvalue weighted by atomic mass is 10.1. The van der Waals surface area contributed by atoms with Crippen molar-refractivity contribution in [1.82, 2.24) is 9.80 Å². The predicted molar refractivity (Wildman–Crippen MR) is 98.6 cm³/mol. The number of aryl methyl sites for hydroxylation is 1. The third-order valence-electron chi connectivity index (χ3n) is 4.81. The maximum Gasteiger partial charge on any atom is 0.251 e. The zero-order valence-electron chi connectivity index (χ0n) is 14.4. The van der Waals surface area contributed by atoms with Crippen LogP contribution in [-0.2, 0) is 20.7 Å². The third-order valence-corrected chi connectivity index (χ3v) is 4.81. The van der Waals surface area contributed by atoms with Crippen LogP contribution in [0.5, 0.6) is 0 Å². The van der Waals surface area contributed by atoms with E-state index in [1.807, 2.05) is 34.1 Å². The molecular weight excluding hydrogens is 342 g/mol. The zero-order chi connectivity index (χ0) is 16.9. The number of amides is 2. The van der Waals surface area contributed by atoms with Gasteiger partial charge in [0.05, 0.1) is 0 Å². The molecule has 2 saturated heterocycles. The number of ether oxygens (including phenoxy) is 1. The molecule has 2 aliphatic rings. The normalized spacial score (nSPS) is 20.2. The summed E-state index contributed by atoms with van der Waals surface area (Å²) in [5.41, 5.74) is 7.66. The summed E-state index contributed by atoms with van der Waals surface area (Å²) in [5, 5.41) is 0. The first-order valence-corrected chi connectivity index (χ1v) is 8.66. The number of halogens is 1.